The molecule has 5 heteroatoms. The Balaban J connectivity index is 1.31. The SMILES string of the molecule is Cc1nn(-c2ccc(F)cc2)c(C)c1CNC(=O)[C@H]1C[C@H]2C=C[C@H]1C21CC1. The minimum Gasteiger partial charge on any atom is -0.352 e. The van der Waals surface area contributed by atoms with Gasteiger partial charge in [0.2, 0.25) is 5.91 Å². The van der Waals surface area contributed by atoms with Crippen LogP contribution in [-0.4, -0.2) is 15.7 Å². The quantitative estimate of drug-likeness (QED) is 0.837. The van der Waals surface area contributed by atoms with Crippen molar-refractivity contribution in [2.75, 3.05) is 0 Å². The second kappa shape index (κ2) is 5.78. The summed E-state index contributed by atoms with van der Waals surface area (Å²) in [5, 5.41) is 7.75. The van der Waals surface area contributed by atoms with Gasteiger partial charge in [0, 0.05) is 23.7 Å². The van der Waals surface area contributed by atoms with Crippen molar-refractivity contribution in [3.8, 4) is 5.69 Å². The van der Waals surface area contributed by atoms with E-state index in [1.807, 2.05) is 18.5 Å². The lowest BCUT2D eigenvalue weighted by Crippen LogP contribution is -2.33. The number of amides is 1. The van der Waals surface area contributed by atoms with Gasteiger partial charge in [0.25, 0.3) is 0 Å². The Morgan fingerprint density at radius 3 is 2.67 bits per heavy atom. The third-order valence-electron chi connectivity index (χ3n) is 7.01. The molecule has 1 N–H and O–H groups in total. The molecule has 3 aliphatic carbocycles. The van der Waals surface area contributed by atoms with Gasteiger partial charge in [-0.05, 0) is 74.6 Å². The van der Waals surface area contributed by atoms with Crippen LogP contribution in [0.5, 0.6) is 0 Å². The zero-order valence-corrected chi connectivity index (χ0v) is 15.7. The summed E-state index contributed by atoms with van der Waals surface area (Å²) in [7, 11) is 0. The predicted octanol–water partition coefficient (Wildman–Crippen LogP) is 3.85. The van der Waals surface area contributed by atoms with Gasteiger partial charge in [0.15, 0.2) is 0 Å². The summed E-state index contributed by atoms with van der Waals surface area (Å²) >= 11 is 0. The maximum absolute atomic E-state index is 13.2. The molecule has 3 aliphatic rings. The Labute approximate surface area is 158 Å². The number of halogens is 1. The van der Waals surface area contributed by atoms with Crippen LogP contribution in [0.1, 0.15) is 36.2 Å². The second-order valence-electron chi connectivity index (χ2n) is 8.35. The van der Waals surface area contributed by atoms with E-state index in [0.717, 1.165) is 29.1 Å². The summed E-state index contributed by atoms with van der Waals surface area (Å²) in [5.41, 5.74) is 4.16. The summed E-state index contributed by atoms with van der Waals surface area (Å²) in [6.45, 7) is 4.43. The van der Waals surface area contributed by atoms with E-state index in [1.54, 1.807) is 12.1 Å². The van der Waals surface area contributed by atoms with Crippen LogP contribution in [0.2, 0.25) is 0 Å². The van der Waals surface area contributed by atoms with E-state index in [1.165, 1.54) is 25.0 Å². The number of nitrogens with one attached hydrogen (secondary N) is 1. The fourth-order valence-corrected chi connectivity index (χ4v) is 5.34. The van der Waals surface area contributed by atoms with Crippen molar-refractivity contribution in [3.05, 3.63) is 59.2 Å². The second-order valence-corrected chi connectivity index (χ2v) is 8.35. The molecule has 2 saturated carbocycles. The predicted molar refractivity (Wildman–Crippen MR) is 101 cm³/mol. The zero-order chi connectivity index (χ0) is 18.8. The lowest BCUT2D eigenvalue weighted by atomic mass is 9.88. The normalized spacial score (nSPS) is 26.7. The van der Waals surface area contributed by atoms with Crippen LogP contribution < -0.4 is 5.32 Å². The first-order chi connectivity index (χ1) is 13.0. The lowest BCUT2D eigenvalue weighted by Gasteiger charge is -2.19. The maximum Gasteiger partial charge on any atom is 0.224 e. The zero-order valence-electron chi connectivity index (χ0n) is 15.7. The molecular weight excluding hydrogens is 341 g/mol. The number of nitrogens with zero attached hydrogens (tertiary/aromatic N) is 2. The molecule has 1 aromatic carbocycles. The van der Waals surface area contributed by atoms with E-state index in [0.29, 0.717) is 23.8 Å². The monoisotopic (exact) mass is 365 g/mol. The third kappa shape index (κ3) is 2.47. The summed E-state index contributed by atoms with van der Waals surface area (Å²) in [6.07, 6.45) is 8.18. The molecule has 2 fully saturated rings. The lowest BCUT2D eigenvalue weighted by molar-refractivity contribution is -0.126. The van der Waals surface area contributed by atoms with Crippen LogP contribution in [-0.2, 0) is 11.3 Å². The van der Waals surface area contributed by atoms with Crippen LogP contribution in [0.25, 0.3) is 5.69 Å². The highest BCUT2D eigenvalue weighted by molar-refractivity contribution is 5.80. The number of hydrogen-bond donors (Lipinski definition) is 1. The molecule has 0 aliphatic heterocycles. The van der Waals surface area contributed by atoms with Crippen molar-refractivity contribution in [1.82, 2.24) is 15.1 Å². The Morgan fingerprint density at radius 1 is 1.26 bits per heavy atom. The van der Waals surface area contributed by atoms with E-state index in [9.17, 15) is 9.18 Å². The molecule has 1 amide bonds. The first kappa shape index (κ1) is 16.7. The average molecular weight is 365 g/mol. The Bertz CT molecular complexity index is 939. The summed E-state index contributed by atoms with van der Waals surface area (Å²) in [5.74, 6) is 1.08. The number of rotatable bonds is 4. The number of benzene rings is 1. The van der Waals surface area contributed by atoms with Crippen LogP contribution in [0, 0.1) is 42.8 Å². The van der Waals surface area contributed by atoms with E-state index >= 15 is 0 Å². The molecule has 1 heterocycles. The smallest absolute Gasteiger partial charge is 0.224 e. The first-order valence-corrected chi connectivity index (χ1v) is 9.77. The molecule has 3 atom stereocenters. The highest BCUT2D eigenvalue weighted by atomic mass is 19.1. The molecule has 0 saturated heterocycles. The molecule has 2 aromatic rings. The molecular formula is C22H24FN3O. The van der Waals surface area contributed by atoms with E-state index in [-0.39, 0.29) is 17.6 Å². The topological polar surface area (TPSA) is 46.9 Å². The minimum atomic E-state index is -0.263. The fraction of sp³-hybridized carbons (Fsp3) is 0.455. The van der Waals surface area contributed by atoms with Gasteiger partial charge in [-0.1, -0.05) is 12.2 Å². The highest BCUT2D eigenvalue weighted by Crippen LogP contribution is 2.70. The Morgan fingerprint density at radius 2 is 2.00 bits per heavy atom. The van der Waals surface area contributed by atoms with Crippen LogP contribution in [0.4, 0.5) is 4.39 Å². The van der Waals surface area contributed by atoms with Crippen LogP contribution in [0.15, 0.2) is 36.4 Å². The van der Waals surface area contributed by atoms with Crippen molar-refractivity contribution >= 4 is 5.91 Å². The van der Waals surface area contributed by atoms with Crippen molar-refractivity contribution < 1.29 is 9.18 Å². The Hall–Kier alpha value is -2.43. The molecule has 0 radical (unpaired) electrons. The van der Waals surface area contributed by atoms with Crippen molar-refractivity contribution in [2.24, 2.45) is 23.2 Å². The number of aromatic nitrogens is 2. The Kier molecular flexibility index (Phi) is 3.58. The fourth-order valence-electron chi connectivity index (χ4n) is 5.34. The van der Waals surface area contributed by atoms with Crippen LogP contribution >= 0.6 is 0 Å². The van der Waals surface area contributed by atoms with E-state index < -0.39 is 0 Å². The van der Waals surface area contributed by atoms with Gasteiger partial charge >= 0.3 is 0 Å². The van der Waals surface area contributed by atoms with E-state index in [4.69, 9.17) is 0 Å². The molecule has 4 nitrogen and oxygen atoms in total. The van der Waals surface area contributed by atoms with Crippen molar-refractivity contribution in [3.63, 3.8) is 0 Å². The van der Waals surface area contributed by atoms with Crippen molar-refractivity contribution in [2.45, 2.75) is 39.7 Å². The number of carbonyl (C=O) groups excluding carboxylic acids is 1. The van der Waals surface area contributed by atoms with Gasteiger partial charge in [0.1, 0.15) is 5.82 Å². The maximum atomic E-state index is 13.2. The molecule has 2 bridgehead atoms. The van der Waals surface area contributed by atoms with Gasteiger partial charge in [-0.15, -0.1) is 0 Å². The van der Waals surface area contributed by atoms with Gasteiger partial charge in [-0.3, -0.25) is 4.79 Å². The minimum absolute atomic E-state index is 0.121. The summed E-state index contributed by atoms with van der Waals surface area (Å²) in [4.78, 5) is 12.8. The number of hydrogen-bond acceptors (Lipinski definition) is 2. The van der Waals surface area contributed by atoms with Gasteiger partial charge in [0.05, 0.1) is 11.4 Å². The highest BCUT2D eigenvalue weighted by Gasteiger charge is 2.63. The number of carbonyl (C=O) groups is 1. The molecule has 5 rings (SSSR count). The molecule has 1 spiro atoms. The number of aryl methyl sites for hydroxylation is 1. The molecule has 140 valence electrons. The van der Waals surface area contributed by atoms with Crippen LogP contribution in [0.3, 0.4) is 0 Å². The first-order valence-electron chi connectivity index (χ1n) is 9.77. The van der Waals surface area contributed by atoms with E-state index in [2.05, 4.69) is 22.6 Å². The molecule has 1 aromatic heterocycles. The van der Waals surface area contributed by atoms with Crippen molar-refractivity contribution in [1.29, 1.82) is 0 Å². The standard InChI is InChI=1S/C22H24FN3O/c1-13-19(14(2)26(25-13)17-6-4-16(23)5-7-17)12-24-21(27)18-11-15-3-8-20(18)22(15)9-10-22/h3-8,15,18,20H,9-12H2,1-2H3,(H,24,27)/t15-,18+,20-/m1/s1. The van der Waals surface area contributed by atoms with Gasteiger partial charge in [-0.25, -0.2) is 9.07 Å². The molecule has 0 unspecified atom stereocenters. The van der Waals surface area contributed by atoms with Gasteiger partial charge in [-0.2, -0.15) is 5.10 Å². The summed E-state index contributed by atoms with van der Waals surface area (Å²) < 4.78 is 15.0. The largest absolute Gasteiger partial charge is 0.352 e. The summed E-state index contributed by atoms with van der Waals surface area (Å²) in [6, 6.07) is 6.30. The molecule has 27 heavy (non-hydrogen) atoms. The van der Waals surface area contributed by atoms with Gasteiger partial charge < -0.3 is 5.32 Å². The third-order valence-corrected chi connectivity index (χ3v) is 7.01. The number of allylic oxidation sites excluding steroid dienone is 2. The average Bonchev–Trinajstić information content (AvgIpc) is 3.24.